The van der Waals surface area contributed by atoms with Crippen molar-refractivity contribution in [3.05, 3.63) is 39.9 Å². The summed E-state index contributed by atoms with van der Waals surface area (Å²) in [5, 5.41) is 29.1. The number of aliphatic carboxylic acids is 2. The molecular formula is C13H17Cl2N3O6. The fourth-order valence-corrected chi connectivity index (χ4v) is 2.58. The Kier molecular flexibility index (Phi) is 7.58. The van der Waals surface area contributed by atoms with Gasteiger partial charge in [-0.3, -0.25) is 24.6 Å². The number of nitrogens with two attached hydrogens (primary N) is 1. The number of nitro groups is 1. The minimum atomic E-state index is -1.64. The second-order valence-corrected chi connectivity index (χ2v) is 5.35. The molecule has 1 saturated heterocycles. The summed E-state index contributed by atoms with van der Waals surface area (Å²) >= 11 is 0. The number of likely N-dealkylation sites (tertiary alicyclic amines) is 1. The first-order chi connectivity index (χ1) is 10.2. The van der Waals surface area contributed by atoms with Crippen molar-refractivity contribution in [2.45, 2.75) is 24.5 Å². The van der Waals surface area contributed by atoms with Crippen LogP contribution in [0.2, 0.25) is 0 Å². The Bertz CT molecular complexity index is 644. The van der Waals surface area contributed by atoms with Gasteiger partial charge in [0.25, 0.3) is 5.69 Å². The first-order valence-electron chi connectivity index (χ1n) is 6.45. The first kappa shape index (κ1) is 22.1. The number of carbonyl (C=O) groups is 2. The van der Waals surface area contributed by atoms with Crippen LogP contribution >= 0.6 is 24.8 Å². The molecule has 0 amide bonds. The van der Waals surface area contributed by atoms with Crippen molar-refractivity contribution in [1.29, 1.82) is 0 Å². The lowest BCUT2D eigenvalue weighted by atomic mass is 9.98. The van der Waals surface area contributed by atoms with E-state index in [2.05, 4.69) is 0 Å². The van der Waals surface area contributed by atoms with Crippen molar-refractivity contribution >= 4 is 42.4 Å². The van der Waals surface area contributed by atoms with Gasteiger partial charge in [-0.2, -0.15) is 0 Å². The maximum absolute atomic E-state index is 11.3. The van der Waals surface area contributed by atoms with Gasteiger partial charge >= 0.3 is 11.9 Å². The van der Waals surface area contributed by atoms with Crippen LogP contribution in [0.4, 0.5) is 5.69 Å². The number of nitrogens with zero attached hydrogens (tertiary/aromatic N) is 2. The lowest BCUT2D eigenvalue weighted by molar-refractivity contribution is -0.384. The van der Waals surface area contributed by atoms with Gasteiger partial charge in [-0.05, 0) is 5.56 Å². The largest absolute Gasteiger partial charge is 0.480 e. The summed E-state index contributed by atoms with van der Waals surface area (Å²) in [7, 11) is 0. The quantitative estimate of drug-likeness (QED) is 0.502. The highest BCUT2D eigenvalue weighted by Gasteiger charge is 2.49. The van der Waals surface area contributed by atoms with Gasteiger partial charge in [-0.1, -0.05) is 12.1 Å². The molecule has 9 nitrogen and oxygen atoms in total. The average molecular weight is 382 g/mol. The highest BCUT2D eigenvalue weighted by atomic mass is 35.5. The number of carboxylic acid groups (broad SMARTS) is 2. The molecule has 2 rings (SSSR count). The summed E-state index contributed by atoms with van der Waals surface area (Å²) in [4.78, 5) is 34.1. The Morgan fingerprint density at radius 3 is 2.50 bits per heavy atom. The molecule has 0 saturated carbocycles. The van der Waals surface area contributed by atoms with Crippen LogP contribution in [-0.2, 0) is 16.1 Å². The smallest absolute Gasteiger partial charge is 0.325 e. The SMILES string of the molecule is Cl.Cl.N[C@]1(C(=O)O)C[C@H](C(=O)O)N(Cc2cccc([N+](=O)[O-])c2)C1. The van der Waals surface area contributed by atoms with E-state index in [-0.39, 0.29) is 50.0 Å². The van der Waals surface area contributed by atoms with Crippen molar-refractivity contribution in [2.24, 2.45) is 5.73 Å². The number of halogens is 2. The fourth-order valence-electron chi connectivity index (χ4n) is 2.58. The van der Waals surface area contributed by atoms with Crippen LogP contribution < -0.4 is 5.73 Å². The number of benzene rings is 1. The van der Waals surface area contributed by atoms with Crippen LogP contribution in [0.15, 0.2) is 24.3 Å². The van der Waals surface area contributed by atoms with Crippen LogP contribution in [0.1, 0.15) is 12.0 Å². The van der Waals surface area contributed by atoms with E-state index in [0.29, 0.717) is 5.56 Å². The second-order valence-electron chi connectivity index (χ2n) is 5.35. The van der Waals surface area contributed by atoms with Gasteiger partial charge in [-0.15, -0.1) is 24.8 Å². The van der Waals surface area contributed by atoms with Gasteiger partial charge in [0.1, 0.15) is 11.6 Å². The third-order valence-electron chi connectivity index (χ3n) is 3.70. The Morgan fingerprint density at radius 2 is 2.00 bits per heavy atom. The standard InChI is InChI=1S/C13H15N3O6.2ClH/c14-13(12(19)20)5-10(11(17)18)15(7-13)6-8-2-1-3-9(4-8)16(21)22;;/h1-4,10H,5-7,14H2,(H,17,18)(H,19,20);2*1H/t10-,13-;;/m1../s1. The van der Waals surface area contributed by atoms with Crippen LogP contribution in [0.3, 0.4) is 0 Å². The monoisotopic (exact) mass is 381 g/mol. The molecule has 0 aromatic heterocycles. The molecule has 0 aliphatic carbocycles. The molecule has 11 heteroatoms. The minimum Gasteiger partial charge on any atom is -0.480 e. The van der Waals surface area contributed by atoms with E-state index in [1.807, 2.05) is 0 Å². The molecule has 1 aromatic carbocycles. The Hall–Kier alpha value is -1.94. The number of hydrogen-bond acceptors (Lipinski definition) is 6. The van der Waals surface area contributed by atoms with E-state index >= 15 is 0 Å². The molecule has 2 atom stereocenters. The molecular weight excluding hydrogens is 365 g/mol. The lowest BCUT2D eigenvalue weighted by Crippen LogP contribution is -2.50. The van der Waals surface area contributed by atoms with Gasteiger partial charge < -0.3 is 15.9 Å². The number of nitro benzene ring substituents is 1. The van der Waals surface area contributed by atoms with Crippen LogP contribution in [0.5, 0.6) is 0 Å². The third-order valence-corrected chi connectivity index (χ3v) is 3.70. The number of hydrogen-bond donors (Lipinski definition) is 3. The van der Waals surface area contributed by atoms with Crippen LogP contribution in [-0.4, -0.2) is 50.1 Å². The summed E-state index contributed by atoms with van der Waals surface area (Å²) in [6.45, 7) is -0.0626. The Morgan fingerprint density at radius 1 is 1.38 bits per heavy atom. The van der Waals surface area contributed by atoms with Gasteiger partial charge in [0, 0.05) is 31.6 Å². The number of non-ortho nitro benzene ring substituents is 1. The van der Waals surface area contributed by atoms with Gasteiger partial charge in [0.2, 0.25) is 0 Å². The Balaban J connectivity index is 0.00000264. The normalized spacial score (nSPS) is 23.0. The molecule has 134 valence electrons. The average Bonchev–Trinajstić information content (AvgIpc) is 2.78. The zero-order valence-corrected chi connectivity index (χ0v) is 14.0. The first-order valence-corrected chi connectivity index (χ1v) is 6.45. The summed E-state index contributed by atoms with van der Waals surface area (Å²) in [6.07, 6.45) is -0.216. The zero-order chi connectivity index (χ0) is 16.5. The van der Waals surface area contributed by atoms with Crippen molar-refractivity contribution < 1.29 is 24.7 Å². The highest BCUT2D eigenvalue weighted by molar-refractivity contribution is 5.85. The van der Waals surface area contributed by atoms with Crippen LogP contribution in [0, 0.1) is 10.1 Å². The predicted octanol–water partition coefficient (Wildman–Crippen LogP) is 0.879. The number of rotatable bonds is 5. The summed E-state index contributed by atoms with van der Waals surface area (Å²) < 4.78 is 0. The van der Waals surface area contributed by atoms with E-state index in [1.165, 1.54) is 23.1 Å². The zero-order valence-electron chi connectivity index (χ0n) is 12.3. The van der Waals surface area contributed by atoms with E-state index < -0.39 is 28.4 Å². The minimum absolute atomic E-state index is 0. The fraction of sp³-hybridized carbons (Fsp3) is 0.385. The molecule has 1 aliphatic rings. The van der Waals surface area contributed by atoms with Crippen LogP contribution in [0.25, 0.3) is 0 Å². The maximum Gasteiger partial charge on any atom is 0.325 e. The molecule has 0 radical (unpaired) electrons. The summed E-state index contributed by atoms with van der Waals surface area (Å²) in [5.41, 5.74) is 4.52. The molecule has 1 aromatic rings. The number of carboxylic acids is 2. The molecule has 1 heterocycles. The third kappa shape index (κ3) is 4.54. The topological polar surface area (TPSA) is 147 Å². The summed E-state index contributed by atoms with van der Waals surface area (Å²) in [5.74, 6) is -2.43. The van der Waals surface area contributed by atoms with Crippen molar-refractivity contribution in [2.75, 3.05) is 6.54 Å². The Labute approximate surface area is 149 Å². The van der Waals surface area contributed by atoms with Crippen molar-refractivity contribution in [3.63, 3.8) is 0 Å². The van der Waals surface area contributed by atoms with E-state index in [0.717, 1.165) is 0 Å². The second kappa shape index (κ2) is 8.25. The highest BCUT2D eigenvalue weighted by Crippen LogP contribution is 2.28. The molecule has 24 heavy (non-hydrogen) atoms. The maximum atomic E-state index is 11.3. The van der Waals surface area contributed by atoms with E-state index in [4.69, 9.17) is 10.8 Å². The van der Waals surface area contributed by atoms with E-state index in [1.54, 1.807) is 6.07 Å². The molecule has 0 bridgehead atoms. The van der Waals surface area contributed by atoms with Gasteiger partial charge in [0.15, 0.2) is 0 Å². The van der Waals surface area contributed by atoms with Gasteiger partial charge in [-0.25, -0.2) is 0 Å². The molecule has 0 spiro atoms. The van der Waals surface area contributed by atoms with E-state index in [9.17, 15) is 24.8 Å². The van der Waals surface area contributed by atoms with Crippen molar-refractivity contribution in [3.8, 4) is 0 Å². The van der Waals surface area contributed by atoms with Crippen molar-refractivity contribution in [1.82, 2.24) is 4.90 Å². The molecule has 1 fully saturated rings. The van der Waals surface area contributed by atoms with Gasteiger partial charge in [0.05, 0.1) is 4.92 Å². The summed E-state index contributed by atoms with van der Waals surface area (Å²) in [6, 6.07) is 4.72. The molecule has 1 aliphatic heterocycles. The molecule has 0 unspecified atom stereocenters. The molecule has 4 N–H and O–H groups in total. The predicted molar refractivity (Wildman–Crippen MR) is 88.6 cm³/mol. The lowest BCUT2D eigenvalue weighted by Gasteiger charge is -2.21.